The van der Waals surface area contributed by atoms with E-state index in [2.05, 4.69) is 0 Å². The zero-order valence-electron chi connectivity index (χ0n) is 13.2. The minimum Gasteiger partial charge on any atom is -0.481 e. The number of carboxylic acids is 1. The van der Waals surface area contributed by atoms with Crippen LogP contribution in [-0.4, -0.2) is 75.4 Å². The highest BCUT2D eigenvalue weighted by molar-refractivity contribution is 5.66. The van der Waals surface area contributed by atoms with Gasteiger partial charge in [0.1, 0.15) is 24.4 Å². The van der Waals surface area contributed by atoms with Crippen LogP contribution in [0, 0.1) is 0 Å². The molecule has 1 fully saturated rings. The summed E-state index contributed by atoms with van der Waals surface area (Å²) < 4.78 is 10.6. The van der Waals surface area contributed by atoms with Gasteiger partial charge in [0.05, 0.1) is 6.61 Å². The van der Waals surface area contributed by atoms with Crippen LogP contribution in [0.15, 0.2) is 0 Å². The van der Waals surface area contributed by atoms with Gasteiger partial charge in [0.2, 0.25) is 0 Å². The summed E-state index contributed by atoms with van der Waals surface area (Å²) in [5.41, 5.74) is 0. The van der Waals surface area contributed by atoms with Crippen LogP contribution < -0.4 is 0 Å². The fraction of sp³-hybridized carbons (Fsp3) is 0.933. The number of aliphatic hydroxyl groups is 4. The van der Waals surface area contributed by atoms with Gasteiger partial charge < -0.3 is 35.0 Å². The molecule has 0 spiro atoms. The van der Waals surface area contributed by atoms with Crippen molar-refractivity contribution in [3.05, 3.63) is 0 Å². The average molecular weight is 336 g/mol. The molecule has 5 atom stereocenters. The van der Waals surface area contributed by atoms with Crippen molar-refractivity contribution < 1.29 is 39.8 Å². The highest BCUT2D eigenvalue weighted by Crippen LogP contribution is 2.22. The van der Waals surface area contributed by atoms with Gasteiger partial charge in [-0.3, -0.25) is 4.79 Å². The van der Waals surface area contributed by atoms with Crippen molar-refractivity contribution in [2.45, 2.75) is 75.7 Å². The fourth-order valence-electron chi connectivity index (χ4n) is 2.49. The summed E-state index contributed by atoms with van der Waals surface area (Å²) in [4.78, 5) is 10.3. The molecular weight excluding hydrogens is 308 g/mol. The minimum absolute atomic E-state index is 0.209. The van der Waals surface area contributed by atoms with Crippen molar-refractivity contribution in [2.24, 2.45) is 0 Å². The predicted molar refractivity (Wildman–Crippen MR) is 79.7 cm³/mol. The van der Waals surface area contributed by atoms with Crippen LogP contribution in [0.4, 0.5) is 0 Å². The number of carboxylic acid groups (broad SMARTS) is 1. The molecule has 0 amide bonds. The first-order valence-corrected chi connectivity index (χ1v) is 8.11. The largest absolute Gasteiger partial charge is 0.481 e. The van der Waals surface area contributed by atoms with Crippen LogP contribution in [0.2, 0.25) is 0 Å². The molecule has 0 aromatic carbocycles. The summed E-state index contributed by atoms with van der Waals surface area (Å²) in [6, 6.07) is 0. The van der Waals surface area contributed by atoms with E-state index in [1.807, 2.05) is 0 Å². The van der Waals surface area contributed by atoms with Crippen molar-refractivity contribution in [2.75, 3.05) is 13.2 Å². The van der Waals surface area contributed by atoms with Crippen LogP contribution >= 0.6 is 0 Å². The fourth-order valence-corrected chi connectivity index (χ4v) is 2.49. The van der Waals surface area contributed by atoms with Gasteiger partial charge in [-0.15, -0.1) is 0 Å². The molecule has 1 aliphatic rings. The second-order valence-corrected chi connectivity index (χ2v) is 5.83. The van der Waals surface area contributed by atoms with Crippen LogP contribution in [0.3, 0.4) is 0 Å². The van der Waals surface area contributed by atoms with Crippen molar-refractivity contribution in [3.63, 3.8) is 0 Å². The van der Waals surface area contributed by atoms with Gasteiger partial charge in [-0.25, -0.2) is 0 Å². The molecule has 23 heavy (non-hydrogen) atoms. The number of hydrogen-bond donors (Lipinski definition) is 5. The number of ether oxygens (including phenoxy) is 2. The van der Waals surface area contributed by atoms with Crippen molar-refractivity contribution in [3.8, 4) is 0 Å². The van der Waals surface area contributed by atoms with E-state index in [4.69, 9.17) is 19.7 Å². The summed E-state index contributed by atoms with van der Waals surface area (Å²) in [7, 11) is 0. The molecule has 0 aromatic rings. The van der Waals surface area contributed by atoms with Gasteiger partial charge in [-0.1, -0.05) is 25.7 Å². The lowest BCUT2D eigenvalue weighted by Gasteiger charge is -2.39. The van der Waals surface area contributed by atoms with Gasteiger partial charge in [-0.05, 0) is 12.8 Å². The normalized spacial score (nSPS) is 31.2. The third kappa shape index (κ3) is 7.11. The van der Waals surface area contributed by atoms with Crippen molar-refractivity contribution in [1.29, 1.82) is 0 Å². The quantitative estimate of drug-likeness (QED) is 0.322. The first kappa shape index (κ1) is 20.3. The van der Waals surface area contributed by atoms with E-state index in [0.717, 1.165) is 32.1 Å². The molecule has 0 aromatic heterocycles. The van der Waals surface area contributed by atoms with Crippen molar-refractivity contribution >= 4 is 5.97 Å². The van der Waals surface area contributed by atoms with Gasteiger partial charge in [-0.2, -0.15) is 0 Å². The summed E-state index contributed by atoms with van der Waals surface area (Å²) in [6.45, 7) is -0.140. The van der Waals surface area contributed by atoms with E-state index >= 15 is 0 Å². The Balaban J connectivity index is 2.09. The number of hydrogen-bond acceptors (Lipinski definition) is 7. The third-order valence-corrected chi connectivity index (χ3v) is 3.92. The second-order valence-electron chi connectivity index (χ2n) is 5.83. The molecular formula is C15H28O8. The zero-order chi connectivity index (χ0) is 17.2. The van der Waals surface area contributed by atoms with E-state index in [0.29, 0.717) is 13.0 Å². The molecule has 2 unspecified atom stereocenters. The molecule has 1 heterocycles. The van der Waals surface area contributed by atoms with E-state index in [1.54, 1.807) is 0 Å². The number of aliphatic carboxylic acids is 1. The van der Waals surface area contributed by atoms with Crippen molar-refractivity contribution in [1.82, 2.24) is 0 Å². The number of carbonyl (C=O) groups is 1. The molecule has 0 saturated carbocycles. The molecule has 1 rings (SSSR count). The van der Waals surface area contributed by atoms with Gasteiger partial charge in [0, 0.05) is 13.0 Å². The lowest BCUT2D eigenvalue weighted by atomic mass is 9.99. The first-order chi connectivity index (χ1) is 11.0. The van der Waals surface area contributed by atoms with E-state index < -0.39 is 43.3 Å². The highest BCUT2D eigenvalue weighted by atomic mass is 16.7. The average Bonchev–Trinajstić information content (AvgIpc) is 2.52. The standard InChI is InChI=1S/C15H28O8/c16-9-10-12(19)13(20)14(21)15(23-10)22-8-6-4-2-1-3-5-7-11(17)18/h10,12-16,19-21H,1-9H2,(H,17,18)/t10?,12-,13-,14?,15-/m0/s1. The third-order valence-electron chi connectivity index (χ3n) is 3.92. The number of aliphatic hydroxyl groups excluding tert-OH is 4. The highest BCUT2D eigenvalue weighted by Gasteiger charge is 2.43. The van der Waals surface area contributed by atoms with Gasteiger partial charge in [0.15, 0.2) is 6.29 Å². The monoisotopic (exact) mass is 336 g/mol. The smallest absolute Gasteiger partial charge is 0.303 e. The Morgan fingerprint density at radius 2 is 1.52 bits per heavy atom. The number of unbranched alkanes of at least 4 members (excludes halogenated alkanes) is 5. The minimum atomic E-state index is -1.42. The summed E-state index contributed by atoms with van der Waals surface area (Å²) >= 11 is 0. The lowest BCUT2D eigenvalue weighted by Crippen LogP contribution is -2.59. The lowest BCUT2D eigenvalue weighted by molar-refractivity contribution is -0.301. The SMILES string of the molecule is O=C(O)CCCCCCCCO[C@H]1OC(CO)[C@H](O)[C@H](O)C1O. The molecule has 0 aliphatic carbocycles. The molecule has 1 aliphatic heterocycles. The second kappa shape index (κ2) is 10.9. The molecule has 136 valence electrons. The Hall–Kier alpha value is -0.770. The molecule has 5 N–H and O–H groups in total. The van der Waals surface area contributed by atoms with Gasteiger partial charge >= 0.3 is 5.97 Å². The maximum absolute atomic E-state index is 10.3. The summed E-state index contributed by atoms with van der Waals surface area (Å²) in [6.07, 6.45) is -0.793. The van der Waals surface area contributed by atoms with Crippen LogP contribution in [0.1, 0.15) is 44.9 Å². The maximum atomic E-state index is 10.3. The molecule has 0 bridgehead atoms. The Labute approximate surface area is 135 Å². The summed E-state index contributed by atoms with van der Waals surface area (Å²) in [5.74, 6) is -0.766. The Morgan fingerprint density at radius 3 is 2.13 bits per heavy atom. The van der Waals surface area contributed by atoms with Crippen LogP contribution in [-0.2, 0) is 14.3 Å². The maximum Gasteiger partial charge on any atom is 0.303 e. The molecule has 1 saturated heterocycles. The Morgan fingerprint density at radius 1 is 0.913 bits per heavy atom. The Bertz CT molecular complexity index is 335. The molecule has 8 heteroatoms. The van der Waals surface area contributed by atoms with E-state index in [-0.39, 0.29) is 6.42 Å². The first-order valence-electron chi connectivity index (χ1n) is 8.11. The zero-order valence-corrected chi connectivity index (χ0v) is 13.2. The van der Waals surface area contributed by atoms with Gasteiger partial charge in [0.25, 0.3) is 0 Å². The number of rotatable bonds is 11. The van der Waals surface area contributed by atoms with Crippen LogP contribution in [0.25, 0.3) is 0 Å². The molecule has 0 radical (unpaired) electrons. The van der Waals surface area contributed by atoms with E-state index in [9.17, 15) is 20.1 Å². The predicted octanol–water partition coefficient (Wildman–Crippen LogP) is -0.382. The topological polar surface area (TPSA) is 137 Å². The molecule has 8 nitrogen and oxygen atoms in total. The van der Waals surface area contributed by atoms with Crippen LogP contribution in [0.5, 0.6) is 0 Å². The summed E-state index contributed by atoms with van der Waals surface area (Å²) in [5, 5.41) is 46.6. The Kier molecular flexibility index (Phi) is 9.61. The van der Waals surface area contributed by atoms with E-state index in [1.165, 1.54) is 0 Å².